The Morgan fingerprint density at radius 1 is 0.706 bits per heavy atom. The van der Waals surface area contributed by atoms with E-state index in [0.717, 1.165) is 0 Å². The van der Waals surface area contributed by atoms with Crippen molar-refractivity contribution >= 4 is 44.8 Å². The SMILES string of the molecule is CC(=O)Nc1nc(-c2ccc(O)cc2O)cs1.CC(=O)Nc1nc(-c2ccc(O)cc2O)cs1. The molecule has 0 unspecified atom stereocenters. The number of nitrogens with one attached hydrogen (secondary N) is 2. The van der Waals surface area contributed by atoms with Gasteiger partial charge in [-0.1, -0.05) is 0 Å². The number of phenolic OH excluding ortho intramolecular Hbond substituents is 4. The van der Waals surface area contributed by atoms with Crippen LogP contribution in [0.5, 0.6) is 23.0 Å². The molecule has 4 rings (SSSR count). The predicted molar refractivity (Wildman–Crippen MR) is 130 cm³/mol. The van der Waals surface area contributed by atoms with Gasteiger partial charge in [-0.2, -0.15) is 0 Å². The van der Waals surface area contributed by atoms with Crippen LogP contribution in [0.15, 0.2) is 47.2 Å². The molecule has 0 saturated heterocycles. The molecule has 2 aromatic heterocycles. The summed E-state index contributed by atoms with van der Waals surface area (Å²) in [7, 11) is 0. The highest BCUT2D eigenvalue weighted by Gasteiger charge is 2.11. The molecule has 176 valence electrons. The molecule has 0 bridgehead atoms. The van der Waals surface area contributed by atoms with Gasteiger partial charge in [0.1, 0.15) is 23.0 Å². The molecule has 0 atom stereocenters. The zero-order valence-corrected chi connectivity index (χ0v) is 19.6. The molecule has 34 heavy (non-hydrogen) atoms. The standard InChI is InChI=1S/2C11H10N2O3S/c2*1-6(14)12-11-13-9(5-17-11)8-3-2-7(15)4-10(8)16/h2*2-5,15-16H,1H3,(H,12,13,14). The van der Waals surface area contributed by atoms with Crippen LogP contribution in [-0.2, 0) is 9.59 Å². The number of aromatic hydroxyl groups is 4. The summed E-state index contributed by atoms with van der Waals surface area (Å²) in [6, 6.07) is 8.55. The number of thiazole rings is 2. The van der Waals surface area contributed by atoms with Gasteiger partial charge in [0.2, 0.25) is 11.8 Å². The molecule has 0 spiro atoms. The molecule has 0 fully saturated rings. The first-order chi connectivity index (χ1) is 16.1. The van der Waals surface area contributed by atoms with Crippen molar-refractivity contribution in [2.24, 2.45) is 0 Å². The van der Waals surface area contributed by atoms with Crippen molar-refractivity contribution in [3.8, 4) is 45.5 Å². The zero-order valence-electron chi connectivity index (χ0n) is 17.9. The van der Waals surface area contributed by atoms with Crippen molar-refractivity contribution in [3.05, 3.63) is 47.2 Å². The van der Waals surface area contributed by atoms with E-state index in [2.05, 4.69) is 20.6 Å². The topological polar surface area (TPSA) is 165 Å². The van der Waals surface area contributed by atoms with Crippen LogP contribution in [0.25, 0.3) is 22.5 Å². The molecule has 12 heteroatoms. The van der Waals surface area contributed by atoms with Crippen LogP contribution in [0.3, 0.4) is 0 Å². The summed E-state index contributed by atoms with van der Waals surface area (Å²) in [5.74, 6) is -0.511. The van der Waals surface area contributed by atoms with Gasteiger partial charge in [-0.05, 0) is 24.3 Å². The minimum absolute atomic E-state index is 0.0106. The van der Waals surface area contributed by atoms with E-state index < -0.39 is 0 Å². The summed E-state index contributed by atoms with van der Waals surface area (Å²) in [4.78, 5) is 30.0. The summed E-state index contributed by atoms with van der Waals surface area (Å²) in [6.45, 7) is 2.80. The Morgan fingerprint density at radius 2 is 1.09 bits per heavy atom. The first kappa shape index (κ1) is 24.5. The molecule has 10 nitrogen and oxygen atoms in total. The number of anilines is 2. The number of aromatic nitrogens is 2. The fourth-order valence-electron chi connectivity index (χ4n) is 2.68. The molecule has 0 radical (unpaired) electrons. The number of carbonyl (C=O) groups is 2. The van der Waals surface area contributed by atoms with Crippen molar-refractivity contribution in [2.75, 3.05) is 10.6 Å². The van der Waals surface area contributed by atoms with Crippen LogP contribution in [0.1, 0.15) is 13.8 Å². The minimum atomic E-state index is -0.194. The third-order valence-electron chi connectivity index (χ3n) is 4.09. The second kappa shape index (κ2) is 10.6. The number of amides is 2. The maximum Gasteiger partial charge on any atom is 0.223 e. The molecule has 6 N–H and O–H groups in total. The number of rotatable bonds is 4. The van der Waals surface area contributed by atoms with Crippen LogP contribution >= 0.6 is 22.7 Å². The van der Waals surface area contributed by atoms with Crippen LogP contribution in [0.4, 0.5) is 10.3 Å². The number of hydrogen-bond acceptors (Lipinski definition) is 10. The summed E-state index contributed by atoms with van der Waals surface area (Å²) in [6.07, 6.45) is 0. The lowest BCUT2D eigenvalue weighted by atomic mass is 10.1. The van der Waals surface area contributed by atoms with E-state index in [0.29, 0.717) is 32.8 Å². The van der Waals surface area contributed by atoms with E-state index in [9.17, 15) is 30.0 Å². The van der Waals surface area contributed by atoms with Crippen molar-refractivity contribution in [1.29, 1.82) is 0 Å². The molecular weight excluding hydrogens is 480 g/mol. The van der Waals surface area contributed by atoms with Gasteiger partial charge in [-0.25, -0.2) is 9.97 Å². The second-order valence-corrected chi connectivity index (χ2v) is 8.56. The quantitative estimate of drug-likeness (QED) is 0.240. The Kier molecular flexibility index (Phi) is 7.66. The predicted octanol–water partition coefficient (Wildman–Crippen LogP) is 4.36. The van der Waals surface area contributed by atoms with Gasteiger partial charge in [-0.15, -0.1) is 22.7 Å². The first-order valence-electron chi connectivity index (χ1n) is 9.63. The lowest BCUT2D eigenvalue weighted by Crippen LogP contribution is -2.04. The molecule has 4 aromatic rings. The third kappa shape index (κ3) is 6.43. The fourth-order valence-corrected chi connectivity index (χ4v) is 4.20. The second-order valence-electron chi connectivity index (χ2n) is 6.84. The van der Waals surface area contributed by atoms with Gasteiger partial charge < -0.3 is 31.1 Å². The van der Waals surface area contributed by atoms with Crippen molar-refractivity contribution in [3.63, 3.8) is 0 Å². The smallest absolute Gasteiger partial charge is 0.223 e. The van der Waals surface area contributed by atoms with E-state index in [1.807, 2.05) is 0 Å². The zero-order chi connectivity index (χ0) is 24.8. The molecule has 0 aliphatic rings. The van der Waals surface area contributed by atoms with Gasteiger partial charge in [0.15, 0.2) is 10.3 Å². The molecule has 0 aliphatic carbocycles. The van der Waals surface area contributed by atoms with E-state index in [4.69, 9.17) is 0 Å². The van der Waals surface area contributed by atoms with Gasteiger partial charge in [0, 0.05) is 47.9 Å². The molecule has 2 heterocycles. The van der Waals surface area contributed by atoms with Gasteiger partial charge >= 0.3 is 0 Å². The summed E-state index contributed by atoms with van der Waals surface area (Å²) >= 11 is 2.54. The van der Waals surface area contributed by atoms with Crippen LogP contribution in [0, 0.1) is 0 Å². The minimum Gasteiger partial charge on any atom is -0.508 e. The Labute approximate surface area is 201 Å². The van der Waals surface area contributed by atoms with Crippen molar-refractivity contribution < 1.29 is 30.0 Å². The maximum atomic E-state index is 10.8. The average molecular weight is 501 g/mol. The summed E-state index contributed by atoms with van der Waals surface area (Å²) in [5.41, 5.74) is 2.12. The van der Waals surface area contributed by atoms with Gasteiger partial charge in [-0.3, -0.25) is 9.59 Å². The number of nitrogens with zero attached hydrogens (tertiary/aromatic N) is 2. The Balaban J connectivity index is 0.000000191. The van der Waals surface area contributed by atoms with Crippen molar-refractivity contribution in [1.82, 2.24) is 9.97 Å². The molecule has 0 aliphatic heterocycles. The number of hydrogen-bond donors (Lipinski definition) is 6. The lowest BCUT2D eigenvalue weighted by molar-refractivity contribution is -0.115. The Bertz CT molecular complexity index is 1230. The first-order valence-corrected chi connectivity index (χ1v) is 11.4. The van der Waals surface area contributed by atoms with E-state index >= 15 is 0 Å². The lowest BCUT2D eigenvalue weighted by Gasteiger charge is -2.01. The largest absolute Gasteiger partial charge is 0.508 e. The van der Waals surface area contributed by atoms with Crippen molar-refractivity contribution in [2.45, 2.75) is 13.8 Å². The monoisotopic (exact) mass is 500 g/mol. The highest BCUT2D eigenvalue weighted by atomic mass is 32.1. The van der Waals surface area contributed by atoms with Crippen LogP contribution in [-0.4, -0.2) is 42.2 Å². The normalized spacial score (nSPS) is 10.2. The Hall–Kier alpha value is -4.16. The Morgan fingerprint density at radius 3 is 1.41 bits per heavy atom. The molecule has 2 aromatic carbocycles. The van der Waals surface area contributed by atoms with Crippen LogP contribution < -0.4 is 10.6 Å². The summed E-state index contributed by atoms with van der Waals surface area (Å²) in [5, 5.41) is 47.2. The average Bonchev–Trinajstić information content (AvgIpc) is 3.37. The highest BCUT2D eigenvalue weighted by Crippen LogP contribution is 2.34. The maximum absolute atomic E-state index is 10.8. The third-order valence-corrected chi connectivity index (χ3v) is 5.60. The van der Waals surface area contributed by atoms with E-state index in [1.54, 1.807) is 22.9 Å². The van der Waals surface area contributed by atoms with Gasteiger partial charge in [0.05, 0.1) is 11.4 Å². The van der Waals surface area contributed by atoms with Gasteiger partial charge in [0.25, 0.3) is 0 Å². The summed E-state index contributed by atoms with van der Waals surface area (Å²) < 4.78 is 0. The molecule has 2 amide bonds. The van der Waals surface area contributed by atoms with E-state index in [1.165, 1.54) is 60.8 Å². The van der Waals surface area contributed by atoms with E-state index in [-0.39, 0.29) is 34.8 Å². The number of benzene rings is 2. The van der Waals surface area contributed by atoms with Crippen LogP contribution in [0.2, 0.25) is 0 Å². The molecular formula is C22H20N4O6S2. The number of phenols is 4. The fraction of sp³-hybridized carbons (Fsp3) is 0.0909. The number of carbonyl (C=O) groups excluding carboxylic acids is 2. The molecule has 0 saturated carbocycles. The highest BCUT2D eigenvalue weighted by molar-refractivity contribution is 7.14.